The van der Waals surface area contributed by atoms with E-state index >= 15 is 0 Å². The lowest BCUT2D eigenvalue weighted by Gasteiger charge is -2.15. The van der Waals surface area contributed by atoms with Crippen molar-refractivity contribution in [2.24, 2.45) is 4.99 Å². The molecule has 2 rings (SSSR count). The molecule has 0 amide bonds. The molecule has 1 aromatic carbocycles. The van der Waals surface area contributed by atoms with Gasteiger partial charge < -0.3 is 15.4 Å². The standard InChI is InChI=1S/C14H21N3O/c1-15-14(17-11-13-8-5-9-18-13)16-10-12-6-3-2-4-7-12/h2-4,6-7,13H,5,8-11H2,1H3,(H2,15,16,17)/t13-/m0/s1. The molecule has 0 bridgehead atoms. The molecule has 0 spiro atoms. The maximum absolute atomic E-state index is 5.57. The van der Waals surface area contributed by atoms with Crippen molar-refractivity contribution in [1.29, 1.82) is 0 Å². The molecule has 1 aliphatic heterocycles. The Morgan fingerprint density at radius 1 is 1.33 bits per heavy atom. The summed E-state index contributed by atoms with van der Waals surface area (Å²) in [5, 5.41) is 6.59. The highest BCUT2D eigenvalue weighted by molar-refractivity contribution is 5.79. The van der Waals surface area contributed by atoms with Crippen molar-refractivity contribution in [1.82, 2.24) is 10.6 Å². The van der Waals surface area contributed by atoms with Gasteiger partial charge in [-0.1, -0.05) is 30.3 Å². The zero-order chi connectivity index (χ0) is 12.6. The van der Waals surface area contributed by atoms with Gasteiger partial charge in [0.15, 0.2) is 5.96 Å². The average molecular weight is 247 g/mol. The number of aliphatic imine (C=N–C) groups is 1. The van der Waals surface area contributed by atoms with Gasteiger partial charge in [-0.05, 0) is 18.4 Å². The summed E-state index contributed by atoms with van der Waals surface area (Å²) < 4.78 is 5.57. The van der Waals surface area contributed by atoms with E-state index in [1.54, 1.807) is 7.05 Å². The number of rotatable bonds is 4. The molecule has 0 unspecified atom stereocenters. The minimum atomic E-state index is 0.334. The highest BCUT2D eigenvalue weighted by Crippen LogP contribution is 2.10. The Hall–Kier alpha value is -1.55. The fourth-order valence-corrected chi connectivity index (χ4v) is 2.02. The normalized spacial score (nSPS) is 19.8. The van der Waals surface area contributed by atoms with Gasteiger partial charge in [0, 0.05) is 26.7 Å². The van der Waals surface area contributed by atoms with Gasteiger partial charge in [0.2, 0.25) is 0 Å². The molecule has 0 saturated carbocycles. The SMILES string of the molecule is CN=C(NCc1ccccc1)NC[C@@H]1CCCO1. The zero-order valence-electron chi connectivity index (χ0n) is 10.9. The van der Waals surface area contributed by atoms with Crippen LogP contribution < -0.4 is 10.6 Å². The van der Waals surface area contributed by atoms with E-state index in [0.717, 1.165) is 32.1 Å². The molecule has 98 valence electrons. The molecule has 0 aliphatic carbocycles. The fourth-order valence-electron chi connectivity index (χ4n) is 2.02. The fraction of sp³-hybridized carbons (Fsp3) is 0.500. The van der Waals surface area contributed by atoms with E-state index in [1.165, 1.54) is 12.0 Å². The first-order valence-corrected chi connectivity index (χ1v) is 6.48. The van der Waals surface area contributed by atoms with Crippen LogP contribution in [0.15, 0.2) is 35.3 Å². The van der Waals surface area contributed by atoms with Crippen LogP contribution in [0.1, 0.15) is 18.4 Å². The van der Waals surface area contributed by atoms with Gasteiger partial charge in [-0.15, -0.1) is 0 Å². The summed E-state index contributed by atoms with van der Waals surface area (Å²) in [6.07, 6.45) is 2.64. The summed E-state index contributed by atoms with van der Waals surface area (Å²) >= 11 is 0. The number of hydrogen-bond acceptors (Lipinski definition) is 2. The molecule has 1 saturated heterocycles. The second-order valence-corrected chi connectivity index (χ2v) is 4.43. The highest BCUT2D eigenvalue weighted by Gasteiger charge is 2.15. The van der Waals surface area contributed by atoms with Crippen LogP contribution in [0.2, 0.25) is 0 Å². The Morgan fingerprint density at radius 3 is 2.83 bits per heavy atom. The Labute approximate surface area is 108 Å². The van der Waals surface area contributed by atoms with Crippen LogP contribution in [0, 0.1) is 0 Å². The lowest BCUT2D eigenvalue weighted by atomic mass is 10.2. The maximum Gasteiger partial charge on any atom is 0.191 e. The summed E-state index contributed by atoms with van der Waals surface area (Å²) in [6.45, 7) is 2.50. The zero-order valence-corrected chi connectivity index (χ0v) is 10.9. The average Bonchev–Trinajstić information content (AvgIpc) is 2.93. The predicted octanol–water partition coefficient (Wildman–Crippen LogP) is 1.53. The lowest BCUT2D eigenvalue weighted by molar-refractivity contribution is 0.114. The third kappa shape index (κ3) is 4.04. The molecule has 0 radical (unpaired) electrons. The maximum atomic E-state index is 5.57. The summed E-state index contributed by atoms with van der Waals surface area (Å²) in [5.41, 5.74) is 1.25. The smallest absolute Gasteiger partial charge is 0.191 e. The van der Waals surface area contributed by atoms with E-state index in [4.69, 9.17) is 4.74 Å². The Kier molecular flexibility index (Phi) is 5.02. The van der Waals surface area contributed by atoms with Crippen molar-refractivity contribution in [3.8, 4) is 0 Å². The summed E-state index contributed by atoms with van der Waals surface area (Å²) in [5.74, 6) is 0.828. The van der Waals surface area contributed by atoms with E-state index in [-0.39, 0.29) is 0 Å². The van der Waals surface area contributed by atoms with E-state index in [9.17, 15) is 0 Å². The monoisotopic (exact) mass is 247 g/mol. The molecule has 1 fully saturated rings. The summed E-state index contributed by atoms with van der Waals surface area (Å²) in [4.78, 5) is 4.20. The number of ether oxygens (including phenoxy) is 1. The molecule has 1 aliphatic rings. The van der Waals surface area contributed by atoms with E-state index in [0.29, 0.717) is 6.10 Å². The molecule has 1 heterocycles. The van der Waals surface area contributed by atoms with Crippen molar-refractivity contribution >= 4 is 5.96 Å². The quantitative estimate of drug-likeness (QED) is 0.626. The van der Waals surface area contributed by atoms with Crippen molar-refractivity contribution in [3.05, 3.63) is 35.9 Å². The molecule has 18 heavy (non-hydrogen) atoms. The Balaban J connectivity index is 1.72. The van der Waals surface area contributed by atoms with Crippen molar-refractivity contribution in [3.63, 3.8) is 0 Å². The summed E-state index contributed by atoms with van der Waals surface area (Å²) in [7, 11) is 1.79. The van der Waals surface area contributed by atoms with Crippen LogP contribution in [-0.2, 0) is 11.3 Å². The van der Waals surface area contributed by atoms with Crippen LogP contribution in [0.4, 0.5) is 0 Å². The largest absolute Gasteiger partial charge is 0.376 e. The predicted molar refractivity (Wildman–Crippen MR) is 73.6 cm³/mol. The van der Waals surface area contributed by atoms with E-state index in [1.807, 2.05) is 18.2 Å². The van der Waals surface area contributed by atoms with Crippen LogP contribution in [-0.4, -0.2) is 32.3 Å². The first-order valence-electron chi connectivity index (χ1n) is 6.48. The number of nitrogens with zero attached hydrogens (tertiary/aromatic N) is 1. The third-order valence-corrected chi connectivity index (χ3v) is 3.05. The number of guanidine groups is 1. The minimum Gasteiger partial charge on any atom is -0.376 e. The van der Waals surface area contributed by atoms with Gasteiger partial charge in [0.25, 0.3) is 0 Å². The van der Waals surface area contributed by atoms with Gasteiger partial charge in [-0.2, -0.15) is 0 Å². The Morgan fingerprint density at radius 2 is 2.17 bits per heavy atom. The van der Waals surface area contributed by atoms with Crippen molar-refractivity contribution < 1.29 is 4.74 Å². The van der Waals surface area contributed by atoms with Crippen molar-refractivity contribution in [2.45, 2.75) is 25.5 Å². The first-order chi connectivity index (χ1) is 8.88. The second-order valence-electron chi connectivity index (χ2n) is 4.43. The second kappa shape index (κ2) is 7.01. The van der Waals surface area contributed by atoms with Crippen LogP contribution in [0.5, 0.6) is 0 Å². The van der Waals surface area contributed by atoms with Crippen LogP contribution in [0.25, 0.3) is 0 Å². The molecule has 2 N–H and O–H groups in total. The number of benzene rings is 1. The van der Waals surface area contributed by atoms with Gasteiger partial charge in [-0.25, -0.2) is 0 Å². The molecule has 4 heteroatoms. The Bertz CT molecular complexity index is 372. The third-order valence-electron chi connectivity index (χ3n) is 3.05. The molecule has 1 aromatic rings. The molecule has 4 nitrogen and oxygen atoms in total. The molecule has 0 aromatic heterocycles. The van der Waals surface area contributed by atoms with Crippen LogP contribution in [0.3, 0.4) is 0 Å². The summed E-state index contributed by atoms with van der Waals surface area (Å²) in [6, 6.07) is 10.3. The highest BCUT2D eigenvalue weighted by atomic mass is 16.5. The van der Waals surface area contributed by atoms with Gasteiger partial charge in [0.05, 0.1) is 6.10 Å². The number of hydrogen-bond donors (Lipinski definition) is 2. The van der Waals surface area contributed by atoms with Crippen molar-refractivity contribution in [2.75, 3.05) is 20.2 Å². The molecular formula is C14H21N3O. The number of nitrogens with one attached hydrogen (secondary N) is 2. The van der Waals surface area contributed by atoms with Gasteiger partial charge in [-0.3, -0.25) is 4.99 Å². The first kappa shape index (κ1) is 12.9. The molecular weight excluding hydrogens is 226 g/mol. The lowest BCUT2D eigenvalue weighted by Crippen LogP contribution is -2.40. The minimum absolute atomic E-state index is 0.334. The topological polar surface area (TPSA) is 45.7 Å². The molecule has 1 atom stereocenters. The van der Waals surface area contributed by atoms with Gasteiger partial charge in [0.1, 0.15) is 0 Å². The van der Waals surface area contributed by atoms with E-state index < -0.39 is 0 Å². The van der Waals surface area contributed by atoms with E-state index in [2.05, 4.69) is 27.8 Å². The van der Waals surface area contributed by atoms with Crippen LogP contribution >= 0.6 is 0 Å². The van der Waals surface area contributed by atoms with Gasteiger partial charge >= 0.3 is 0 Å².